The zero-order chi connectivity index (χ0) is 17.9. The van der Waals surface area contributed by atoms with Crippen LogP contribution in [0.3, 0.4) is 0 Å². The van der Waals surface area contributed by atoms with Gasteiger partial charge in [0.15, 0.2) is 5.60 Å². The number of amides is 1. The molecular weight excluding hydrogens is 316 g/mol. The molecule has 0 aliphatic rings. The Morgan fingerprint density at radius 2 is 1.52 bits per heavy atom. The number of benzene rings is 2. The van der Waals surface area contributed by atoms with Gasteiger partial charge in [0.05, 0.1) is 5.69 Å². The van der Waals surface area contributed by atoms with Crippen molar-refractivity contribution >= 4 is 11.6 Å². The SMILES string of the molecule is Cc1cc(NC(=O)C(O)(c2ccccc2)c2ccccc2)c[nH]c1=O. The van der Waals surface area contributed by atoms with E-state index in [9.17, 15) is 14.7 Å². The van der Waals surface area contributed by atoms with Crippen molar-refractivity contribution in [2.75, 3.05) is 5.32 Å². The minimum atomic E-state index is -1.85. The Balaban J connectivity index is 2.04. The summed E-state index contributed by atoms with van der Waals surface area (Å²) < 4.78 is 0. The number of carbonyl (C=O) groups is 1. The lowest BCUT2D eigenvalue weighted by molar-refractivity contribution is -0.131. The Bertz CT molecular complexity index is 894. The number of hydrogen-bond donors (Lipinski definition) is 3. The van der Waals surface area contributed by atoms with Crippen molar-refractivity contribution in [2.24, 2.45) is 0 Å². The van der Waals surface area contributed by atoms with Gasteiger partial charge in [0.1, 0.15) is 0 Å². The van der Waals surface area contributed by atoms with Gasteiger partial charge in [-0.25, -0.2) is 0 Å². The van der Waals surface area contributed by atoms with Crippen LogP contribution in [0.2, 0.25) is 0 Å². The highest BCUT2D eigenvalue weighted by Gasteiger charge is 2.39. The van der Waals surface area contributed by atoms with Gasteiger partial charge in [-0.15, -0.1) is 0 Å². The summed E-state index contributed by atoms with van der Waals surface area (Å²) in [5.74, 6) is -0.601. The van der Waals surface area contributed by atoms with E-state index in [1.54, 1.807) is 61.5 Å². The van der Waals surface area contributed by atoms with Gasteiger partial charge in [-0.3, -0.25) is 9.59 Å². The van der Waals surface area contributed by atoms with Crippen molar-refractivity contribution in [3.63, 3.8) is 0 Å². The lowest BCUT2D eigenvalue weighted by Gasteiger charge is -2.28. The van der Waals surface area contributed by atoms with E-state index in [2.05, 4.69) is 10.3 Å². The number of aromatic amines is 1. The number of aromatic nitrogens is 1. The van der Waals surface area contributed by atoms with Crippen molar-refractivity contribution in [2.45, 2.75) is 12.5 Å². The van der Waals surface area contributed by atoms with Gasteiger partial charge in [-0.2, -0.15) is 0 Å². The summed E-state index contributed by atoms with van der Waals surface area (Å²) in [5, 5.41) is 14.0. The third kappa shape index (κ3) is 3.22. The predicted octanol–water partition coefficient (Wildman–Crippen LogP) is 2.56. The molecule has 0 unspecified atom stereocenters. The molecule has 1 aromatic heterocycles. The number of aryl methyl sites for hydroxylation is 1. The maximum atomic E-state index is 13.0. The van der Waals surface area contributed by atoms with Crippen LogP contribution in [0.15, 0.2) is 77.7 Å². The molecule has 0 radical (unpaired) electrons. The van der Waals surface area contributed by atoms with Crippen LogP contribution in [0, 0.1) is 6.92 Å². The van der Waals surface area contributed by atoms with E-state index in [1.165, 1.54) is 6.20 Å². The van der Waals surface area contributed by atoms with Crippen molar-refractivity contribution < 1.29 is 9.90 Å². The van der Waals surface area contributed by atoms with Crippen LogP contribution < -0.4 is 10.9 Å². The van der Waals surface area contributed by atoms with E-state index in [4.69, 9.17) is 0 Å². The molecule has 0 spiro atoms. The van der Waals surface area contributed by atoms with Gasteiger partial charge in [0, 0.05) is 11.8 Å². The van der Waals surface area contributed by atoms with Crippen LogP contribution in [0.1, 0.15) is 16.7 Å². The van der Waals surface area contributed by atoms with E-state index in [0.29, 0.717) is 22.4 Å². The molecule has 126 valence electrons. The fourth-order valence-electron chi connectivity index (χ4n) is 2.68. The van der Waals surface area contributed by atoms with Crippen molar-refractivity contribution in [3.8, 4) is 0 Å². The standard InChI is InChI=1S/C20H18N2O3/c1-14-12-17(13-21-18(14)23)22-19(24)20(25,15-8-4-2-5-9-15)16-10-6-3-7-11-16/h2-13,25H,1H3,(H,21,23)(H,22,24). The summed E-state index contributed by atoms with van der Waals surface area (Å²) in [4.78, 5) is 27.0. The second kappa shape index (κ2) is 6.75. The van der Waals surface area contributed by atoms with Gasteiger partial charge < -0.3 is 15.4 Å². The van der Waals surface area contributed by atoms with Crippen molar-refractivity contribution in [3.05, 3.63) is 100.0 Å². The first kappa shape index (κ1) is 16.7. The smallest absolute Gasteiger partial charge is 0.265 e. The van der Waals surface area contributed by atoms with Gasteiger partial charge >= 0.3 is 0 Å². The van der Waals surface area contributed by atoms with Gasteiger partial charge in [-0.1, -0.05) is 60.7 Å². The molecule has 0 bridgehead atoms. The molecule has 5 heteroatoms. The van der Waals surface area contributed by atoms with Crippen LogP contribution >= 0.6 is 0 Å². The molecule has 1 heterocycles. The minimum Gasteiger partial charge on any atom is -0.372 e. The van der Waals surface area contributed by atoms with E-state index < -0.39 is 11.5 Å². The number of H-pyrrole nitrogens is 1. The Morgan fingerprint density at radius 1 is 1.00 bits per heavy atom. The monoisotopic (exact) mass is 334 g/mol. The normalized spacial score (nSPS) is 11.1. The zero-order valence-electron chi connectivity index (χ0n) is 13.7. The van der Waals surface area contributed by atoms with Crippen molar-refractivity contribution in [1.82, 2.24) is 4.98 Å². The lowest BCUT2D eigenvalue weighted by Crippen LogP contribution is -2.41. The number of hydrogen-bond acceptors (Lipinski definition) is 3. The maximum Gasteiger partial charge on any atom is 0.265 e. The second-order valence-corrected chi connectivity index (χ2v) is 5.80. The molecule has 3 aromatic rings. The molecule has 0 saturated carbocycles. The minimum absolute atomic E-state index is 0.223. The Kier molecular flexibility index (Phi) is 4.50. The molecule has 0 fully saturated rings. The fraction of sp³-hybridized carbons (Fsp3) is 0.100. The highest BCUT2D eigenvalue weighted by atomic mass is 16.3. The second-order valence-electron chi connectivity index (χ2n) is 5.80. The van der Waals surface area contributed by atoms with E-state index in [1.807, 2.05) is 12.1 Å². The van der Waals surface area contributed by atoms with Crippen LogP contribution in [-0.4, -0.2) is 16.0 Å². The number of pyridine rings is 1. The predicted molar refractivity (Wildman–Crippen MR) is 96.3 cm³/mol. The topological polar surface area (TPSA) is 82.2 Å². The van der Waals surface area contributed by atoms with Crippen LogP contribution in [0.5, 0.6) is 0 Å². The Hall–Kier alpha value is -3.18. The van der Waals surface area contributed by atoms with Crippen LogP contribution in [0.4, 0.5) is 5.69 Å². The molecule has 25 heavy (non-hydrogen) atoms. The molecule has 3 N–H and O–H groups in total. The van der Waals surface area contributed by atoms with Crippen molar-refractivity contribution in [1.29, 1.82) is 0 Å². The average Bonchev–Trinajstić information content (AvgIpc) is 2.65. The van der Waals surface area contributed by atoms with E-state index in [0.717, 1.165) is 0 Å². The first-order chi connectivity index (χ1) is 12.0. The first-order valence-corrected chi connectivity index (χ1v) is 7.86. The lowest BCUT2D eigenvalue weighted by atomic mass is 9.85. The van der Waals surface area contributed by atoms with Crippen LogP contribution in [0.25, 0.3) is 0 Å². The molecule has 1 amide bonds. The number of nitrogens with one attached hydrogen (secondary N) is 2. The largest absolute Gasteiger partial charge is 0.372 e. The Morgan fingerprint density at radius 3 is 2.00 bits per heavy atom. The molecule has 0 atom stereocenters. The number of rotatable bonds is 4. The number of aliphatic hydroxyl groups is 1. The molecule has 5 nitrogen and oxygen atoms in total. The summed E-state index contributed by atoms with van der Waals surface area (Å²) in [6, 6.07) is 19.1. The highest BCUT2D eigenvalue weighted by molar-refractivity contribution is 6.00. The Labute approximate surface area is 145 Å². The molecule has 3 rings (SSSR count). The van der Waals surface area contributed by atoms with Gasteiger partial charge in [0.2, 0.25) is 0 Å². The number of anilines is 1. The van der Waals surface area contributed by atoms with Crippen LogP contribution in [-0.2, 0) is 10.4 Å². The fourth-order valence-corrected chi connectivity index (χ4v) is 2.68. The van der Waals surface area contributed by atoms with Gasteiger partial charge in [-0.05, 0) is 24.1 Å². The molecule has 0 aliphatic heterocycles. The maximum absolute atomic E-state index is 13.0. The molecule has 0 saturated heterocycles. The van der Waals surface area contributed by atoms with E-state index >= 15 is 0 Å². The third-order valence-corrected chi connectivity index (χ3v) is 4.06. The zero-order valence-corrected chi connectivity index (χ0v) is 13.7. The highest BCUT2D eigenvalue weighted by Crippen LogP contribution is 2.31. The first-order valence-electron chi connectivity index (χ1n) is 7.86. The summed E-state index contributed by atoms with van der Waals surface area (Å²) in [6.07, 6.45) is 1.41. The van der Waals surface area contributed by atoms with Gasteiger partial charge in [0.25, 0.3) is 11.5 Å². The molecular formula is C20H18N2O3. The average molecular weight is 334 g/mol. The number of carbonyl (C=O) groups excluding carboxylic acids is 1. The summed E-state index contributed by atoms with van der Waals surface area (Å²) in [6.45, 7) is 1.65. The summed E-state index contributed by atoms with van der Waals surface area (Å²) >= 11 is 0. The quantitative estimate of drug-likeness (QED) is 0.686. The molecule has 0 aliphatic carbocycles. The summed E-state index contributed by atoms with van der Waals surface area (Å²) in [7, 11) is 0. The third-order valence-electron chi connectivity index (χ3n) is 4.06. The molecule has 2 aromatic carbocycles. The summed E-state index contributed by atoms with van der Waals surface area (Å²) in [5.41, 5.74) is -0.278. The van der Waals surface area contributed by atoms with E-state index in [-0.39, 0.29) is 5.56 Å².